The molecule has 4 rings (SSSR count). The number of halogens is 1. The van der Waals surface area contributed by atoms with Crippen LogP contribution in [0.1, 0.15) is 44.4 Å². The van der Waals surface area contributed by atoms with Gasteiger partial charge in [-0.15, -0.1) is 0 Å². The highest BCUT2D eigenvalue weighted by Gasteiger charge is 2.26. The van der Waals surface area contributed by atoms with E-state index in [0.29, 0.717) is 35.4 Å². The van der Waals surface area contributed by atoms with E-state index in [1.54, 1.807) is 23.7 Å². The second-order valence-corrected chi connectivity index (χ2v) is 8.42. The Morgan fingerprint density at radius 1 is 1.12 bits per heavy atom. The monoisotopic (exact) mass is 441 g/mol. The molecule has 1 aliphatic heterocycles. The SMILES string of the molecule is CCn1nc(C)c2c1c(=O)n(Cc1ccc(F)cc1)c(=O)n2CC(=O)N1CCCC[C@@H]1C. The normalized spacial score (nSPS) is 16.6. The van der Waals surface area contributed by atoms with Crippen LogP contribution in [0.15, 0.2) is 33.9 Å². The summed E-state index contributed by atoms with van der Waals surface area (Å²) in [5.74, 6) is -0.536. The molecule has 170 valence electrons. The Hall–Kier alpha value is -3.23. The van der Waals surface area contributed by atoms with Crippen molar-refractivity contribution in [1.29, 1.82) is 0 Å². The van der Waals surface area contributed by atoms with Crippen LogP contribution in [0, 0.1) is 12.7 Å². The average Bonchev–Trinajstić information content (AvgIpc) is 3.12. The maximum Gasteiger partial charge on any atom is 0.332 e. The van der Waals surface area contributed by atoms with Crippen LogP contribution in [0.3, 0.4) is 0 Å². The molecule has 0 aliphatic carbocycles. The van der Waals surface area contributed by atoms with Crippen molar-refractivity contribution in [3.05, 3.63) is 62.2 Å². The Labute approximate surface area is 184 Å². The summed E-state index contributed by atoms with van der Waals surface area (Å²) in [4.78, 5) is 41.8. The van der Waals surface area contributed by atoms with E-state index in [1.165, 1.54) is 16.7 Å². The zero-order valence-electron chi connectivity index (χ0n) is 18.7. The molecule has 2 aromatic heterocycles. The summed E-state index contributed by atoms with van der Waals surface area (Å²) in [5.41, 5.74) is 0.813. The van der Waals surface area contributed by atoms with E-state index in [1.807, 2.05) is 18.7 Å². The Balaban J connectivity index is 1.86. The van der Waals surface area contributed by atoms with Crippen LogP contribution in [0.2, 0.25) is 0 Å². The molecule has 1 saturated heterocycles. The predicted octanol–water partition coefficient (Wildman–Crippen LogP) is 2.28. The number of rotatable bonds is 5. The van der Waals surface area contributed by atoms with Crippen molar-refractivity contribution in [2.24, 2.45) is 0 Å². The Bertz CT molecular complexity index is 1270. The second-order valence-electron chi connectivity index (χ2n) is 8.42. The highest BCUT2D eigenvalue weighted by Crippen LogP contribution is 2.18. The maximum absolute atomic E-state index is 13.5. The largest absolute Gasteiger partial charge is 0.338 e. The number of carbonyl (C=O) groups excluding carboxylic acids is 1. The highest BCUT2D eigenvalue weighted by atomic mass is 19.1. The molecule has 32 heavy (non-hydrogen) atoms. The minimum atomic E-state index is -0.566. The van der Waals surface area contributed by atoms with Crippen molar-refractivity contribution in [2.45, 2.75) is 65.7 Å². The first-order chi connectivity index (χ1) is 15.3. The van der Waals surface area contributed by atoms with Gasteiger partial charge in [0.05, 0.1) is 12.2 Å². The molecule has 9 heteroatoms. The number of likely N-dealkylation sites (tertiary alicyclic amines) is 1. The molecule has 3 heterocycles. The number of carbonyl (C=O) groups is 1. The van der Waals surface area contributed by atoms with Crippen molar-refractivity contribution >= 4 is 16.9 Å². The number of aromatic nitrogens is 4. The number of nitrogens with zero attached hydrogens (tertiary/aromatic N) is 5. The molecular weight excluding hydrogens is 413 g/mol. The molecule has 0 unspecified atom stereocenters. The Kier molecular flexibility index (Phi) is 5.99. The van der Waals surface area contributed by atoms with Gasteiger partial charge in [0.1, 0.15) is 17.9 Å². The van der Waals surface area contributed by atoms with Gasteiger partial charge in [-0.25, -0.2) is 9.18 Å². The van der Waals surface area contributed by atoms with Crippen molar-refractivity contribution in [3.8, 4) is 0 Å². The fourth-order valence-corrected chi connectivity index (χ4v) is 4.54. The first-order valence-corrected chi connectivity index (χ1v) is 11.1. The zero-order valence-corrected chi connectivity index (χ0v) is 18.7. The average molecular weight is 442 g/mol. The predicted molar refractivity (Wildman–Crippen MR) is 119 cm³/mol. The van der Waals surface area contributed by atoms with E-state index in [0.717, 1.165) is 23.8 Å². The summed E-state index contributed by atoms with van der Waals surface area (Å²) in [6, 6.07) is 5.78. The van der Waals surface area contributed by atoms with E-state index < -0.39 is 17.1 Å². The molecule has 1 aromatic carbocycles. The number of hydrogen-bond donors (Lipinski definition) is 0. The maximum atomic E-state index is 13.5. The topological polar surface area (TPSA) is 82.1 Å². The summed E-state index contributed by atoms with van der Waals surface area (Å²) in [6.07, 6.45) is 2.96. The Morgan fingerprint density at radius 3 is 2.50 bits per heavy atom. The van der Waals surface area contributed by atoms with Gasteiger partial charge in [0.2, 0.25) is 5.91 Å². The molecule has 0 saturated carbocycles. The number of benzene rings is 1. The summed E-state index contributed by atoms with van der Waals surface area (Å²) in [7, 11) is 0. The number of hydrogen-bond acceptors (Lipinski definition) is 4. The second kappa shape index (κ2) is 8.72. The third-order valence-corrected chi connectivity index (χ3v) is 6.25. The van der Waals surface area contributed by atoms with Gasteiger partial charge in [-0.05, 0) is 57.7 Å². The molecule has 1 atom stereocenters. The van der Waals surface area contributed by atoms with Crippen molar-refractivity contribution in [2.75, 3.05) is 6.54 Å². The third-order valence-electron chi connectivity index (χ3n) is 6.25. The summed E-state index contributed by atoms with van der Waals surface area (Å²) < 4.78 is 17.4. The van der Waals surface area contributed by atoms with Gasteiger partial charge in [-0.1, -0.05) is 12.1 Å². The minimum absolute atomic E-state index is 0.0177. The lowest BCUT2D eigenvalue weighted by atomic mass is 10.0. The first-order valence-electron chi connectivity index (χ1n) is 11.1. The molecule has 1 fully saturated rings. The fraction of sp³-hybridized carbons (Fsp3) is 0.478. The smallest absolute Gasteiger partial charge is 0.332 e. The molecule has 8 nitrogen and oxygen atoms in total. The summed E-state index contributed by atoms with van der Waals surface area (Å²) in [5, 5.41) is 4.43. The zero-order chi connectivity index (χ0) is 23.0. The molecule has 3 aromatic rings. The molecule has 0 N–H and O–H groups in total. The van der Waals surface area contributed by atoms with Crippen LogP contribution in [-0.4, -0.2) is 42.3 Å². The molecule has 1 amide bonds. The quantitative estimate of drug-likeness (QED) is 0.608. The molecule has 0 spiro atoms. The van der Waals surface area contributed by atoms with Gasteiger partial charge in [0, 0.05) is 19.1 Å². The van der Waals surface area contributed by atoms with Crippen molar-refractivity contribution in [1.82, 2.24) is 23.8 Å². The minimum Gasteiger partial charge on any atom is -0.338 e. The van der Waals surface area contributed by atoms with Gasteiger partial charge in [-0.2, -0.15) is 5.10 Å². The first kappa shape index (κ1) is 22.0. The fourth-order valence-electron chi connectivity index (χ4n) is 4.54. The lowest BCUT2D eigenvalue weighted by molar-refractivity contribution is -0.135. The number of piperidine rings is 1. The van der Waals surface area contributed by atoms with Crippen LogP contribution in [-0.2, 0) is 24.4 Å². The van der Waals surface area contributed by atoms with Crippen molar-refractivity contribution in [3.63, 3.8) is 0 Å². The van der Waals surface area contributed by atoms with E-state index in [-0.39, 0.29) is 25.0 Å². The van der Waals surface area contributed by atoms with Crippen LogP contribution in [0.5, 0.6) is 0 Å². The lowest BCUT2D eigenvalue weighted by Crippen LogP contribution is -2.47. The van der Waals surface area contributed by atoms with Gasteiger partial charge in [-0.3, -0.25) is 23.4 Å². The van der Waals surface area contributed by atoms with E-state index >= 15 is 0 Å². The van der Waals surface area contributed by atoms with Crippen LogP contribution in [0.25, 0.3) is 11.0 Å². The lowest BCUT2D eigenvalue weighted by Gasteiger charge is -2.33. The van der Waals surface area contributed by atoms with Gasteiger partial charge < -0.3 is 4.90 Å². The number of aryl methyl sites for hydroxylation is 2. The highest BCUT2D eigenvalue weighted by molar-refractivity contribution is 5.81. The van der Waals surface area contributed by atoms with E-state index in [9.17, 15) is 18.8 Å². The number of amides is 1. The van der Waals surface area contributed by atoms with Gasteiger partial charge >= 0.3 is 5.69 Å². The number of fused-ring (bicyclic) bond motifs is 1. The van der Waals surface area contributed by atoms with E-state index in [2.05, 4.69) is 5.10 Å². The van der Waals surface area contributed by atoms with Crippen molar-refractivity contribution < 1.29 is 9.18 Å². The standard InChI is InChI=1S/C23H28FN5O3/c1-4-29-21-20(16(3)25-29)27(14-19(30)26-12-6-5-7-15(26)2)23(32)28(22(21)31)13-17-8-10-18(24)11-9-17/h8-11,15H,4-7,12-14H2,1-3H3/t15-/m0/s1. The Morgan fingerprint density at radius 2 is 1.84 bits per heavy atom. The van der Waals surface area contributed by atoms with E-state index in [4.69, 9.17) is 0 Å². The van der Waals surface area contributed by atoms with Gasteiger partial charge in [0.15, 0.2) is 5.52 Å². The van der Waals surface area contributed by atoms with Crippen LogP contribution >= 0.6 is 0 Å². The van der Waals surface area contributed by atoms with Crippen LogP contribution in [0.4, 0.5) is 4.39 Å². The molecule has 0 bridgehead atoms. The van der Waals surface area contributed by atoms with Gasteiger partial charge in [0.25, 0.3) is 5.56 Å². The third kappa shape index (κ3) is 3.87. The molecule has 0 radical (unpaired) electrons. The van der Waals surface area contributed by atoms with Crippen LogP contribution < -0.4 is 11.2 Å². The summed E-state index contributed by atoms with van der Waals surface area (Å²) in [6.45, 7) is 6.57. The molecule has 1 aliphatic rings. The summed E-state index contributed by atoms with van der Waals surface area (Å²) >= 11 is 0. The molecular formula is C23H28FN5O3.